The number of anilines is 1. The molecule has 0 fully saturated rings. The number of nitrogens with zero attached hydrogens (tertiary/aromatic N) is 2. The van der Waals surface area contributed by atoms with Gasteiger partial charge in [-0.15, -0.1) is 0 Å². The van der Waals surface area contributed by atoms with Gasteiger partial charge in [-0.05, 0) is 32.9 Å². The zero-order valence-corrected chi connectivity index (χ0v) is 14.4. The van der Waals surface area contributed by atoms with E-state index in [0.29, 0.717) is 31.1 Å². The molecule has 1 rings (SSSR count). The quantitative estimate of drug-likeness (QED) is 0.729. The van der Waals surface area contributed by atoms with Crippen LogP contribution in [0.15, 0.2) is 24.3 Å². The number of benzene rings is 1. The summed E-state index contributed by atoms with van der Waals surface area (Å²) in [7, 11) is -3.60. The Kier molecular flexibility index (Phi) is 6.67. The largest absolute Gasteiger partial charge is 0.492 e. The van der Waals surface area contributed by atoms with Crippen molar-refractivity contribution in [2.75, 3.05) is 36.8 Å². The van der Waals surface area contributed by atoms with E-state index in [1.165, 1.54) is 0 Å². The second-order valence-corrected chi connectivity index (χ2v) is 6.64. The highest BCUT2D eigenvalue weighted by molar-refractivity contribution is 7.92. The van der Waals surface area contributed by atoms with E-state index in [2.05, 4.69) is 0 Å². The minimum atomic E-state index is -3.60. The first-order valence-corrected chi connectivity index (χ1v) is 9.17. The lowest BCUT2D eigenvalue weighted by atomic mass is 10.3. The standard InChI is InChI=1S/C15H24N2O4S/c1-5-16(6-2)15(18)12-17(22(4,19)20)13-10-8-9-11-14(13)21-7-3/h8-11H,5-7,12H2,1-4H3. The van der Waals surface area contributed by atoms with Gasteiger partial charge in [-0.25, -0.2) is 8.42 Å². The number of ether oxygens (including phenoxy) is 1. The Morgan fingerprint density at radius 2 is 1.73 bits per heavy atom. The van der Waals surface area contributed by atoms with Crippen LogP contribution in [0.5, 0.6) is 5.75 Å². The van der Waals surface area contributed by atoms with E-state index < -0.39 is 10.0 Å². The Morgan fingerprint density at radius 3 is 2.23 bits per heavy atom. The molecule has 0 aliphatic heterocycles. The number of para-hydroxylation sites is 2. The van der Waals surface area contributed by atoms with Crippen molar-refractivity contribution >= 4 is 21.6 Å². The molecular weight excluding hydrogens is 304 g/mol. The molecular formula is C15H24N2O4S. The van der Waals surface area contributed by atoms with Crippen LogP contribution in [0.25, 0.3) is 0 Å². The van der Waals surface area contributed by atoms with E-state index in [-0.39, 0.29) is 12.5 Å². The molecule has 0 saturated carbocycles. The zero-order valence-electron chi connectivity index (χ0n) is 13.6. The van der Waals surface area contributed by atoms with E-state index in [9.17, 15) is 13.2 Å². The molecule has 1 aromatic rings. The normalized spacial score (nSPS) is 11.1. The highest BCUT2D eigenvalue weighted by atomic mass is 32.2. The monoisotopic (exact) mass is 328 g/mol. The Hall–Kier alpha value is -1.76. The molecule has 0 bridgehead atoms. The van der Waals surface area contributed by atoms with Crippen LogP contribution in [0, 0.1) is 0 Å². The fourth-order valence-electron chi connectivity index (χ4n) is 2.12. The number of hydrogen-bond donors (Lipinski definition) is 0. The maximum absolute atomic E-state index is 12.3. The van der Waals surface area contributed by atoms with E-state index in [4.69, 9.17) is 4.74 Å². The molecule has 0 aromatic heterocycles. The van der Waals surface area contributed by atoms with E-state index >= 15 is 0 Å². The van der Waals surface area contributed by atoms with Crippen molar-refractivity contribution in [1.82, 2.24) is 4.90 Å². The molecule has 7 heteroatoms. The van der Waals surface area contributed by atoms with Crippen molar-refractivity contribution < 1.29 is 17.9 Å². The SMILES string of the molecule is CCOc1ccccc1N(CC(=O)N(CC)CC)S(C)(=O)=O. The summed E-state index contributed by atoms with van der Waals surface area (Å²) in [5.74, 6) is 0.212. The first-order valence-electron chi connectivity index (χ1n) is 7.32. The summed E-state index contributed by atoms with van der Waals surface area (Å²) >= 11 is 0. The van der Waals surface area contributed by atoms with Gasteiger partial charge in [0.15, 0.2) is 0 Å². The first-order chi connectivity index (χ1) is 10.3. The molecule has 0 atom stereocenters. The van der Waals surface area contributed by atoms with Crippen LogP contribution in [0.3, 0.4) is 0 Å². The second kappa shape index (κ2) is 8.03. The molecule has 1 aromatic carbocycles. The minimum Gasteiger partial charge on any atom is -0.492 e. The van der Waals surface area contributed by atoms with Crippen molar-refractivity contribution in [3.05, 3.63) is 24.3 Å². The molecule has 1 amide bonds. The third-order valence-corrected chi connectivity index (χ3v) is 4.36. The first kappa shape index (κ1) is 18.3. The number of likely N-dealkylation sites (N-methyl/N-ethyl adjacent to an activating group) is 1. The predicted octanol–water partition coefficient (Wildman–Crippen LogP) is 1.72. The van der Waals surface area contributed by atoms with E-state index in [0.717, 1.165) is 10.6 Å². The molecule has 0 spiro atoms. The third kappa shape index (κ3) is 4.62. The lowest BCUT2D eigenvalue weighted by molar-refractivity contribution is -0.129. The smallest absolute Gasteiger partial charge is 0.243 e. The Labute approximate surface area is 132 Å². The van der Waals surface area contributed by atoms with Crippen LogP contribution in [-0.2, 0) is 14.8 Å². The van der Waals surface area contributed by atoms with Crippen molar-refractivity contribution in [2.45, 2.75) is 20.8 Å². The number of amides is 1. The molecule has 0 saturated heterocycles. The van der Waals surface area contributed by atoms with Gasteiger partial charge in [0.05, 0.1) is 18.6 Å². The molecule has 0 aliphatic carbocycles. The fourth-order valence-corrected chi connectivity index (χ4v) is 2.97. The van der Waals surface area contributed by atoms with Crippen LogP contribution in [0.1, 0.15) is 20.8 Å². The summed E-state index contributed by atoms with van der Waals surface area (Å²) in [6.45, 7) is 6.81. The molecule has 6 nitrogen and oxygen atoms in total. The van der Waals surface area contributed by atoms with Gasteiger partial charge in [-0.2, -0.15) is 0 Å². The zero-order chi connectivity index (χ0) is 16.8. The summed E-state index contributed by atoms with van der Waals surface area (Å²) in [6.07, 6.45) is 1.09. The van der Waals surface area contributed by atoms with Gasteiger partial charge in [0.2, 0.25) is 15.9 Å². The third-order valence-electron chi connectivity index (χ3n) is 3.23. The Bertz CT molecular complexity index is 597. The molecule has 0 unspecified atom stereocenters. The molecule has 0 aliphatic rings. The number of sulfonamides is 1. The van der Waals surface area contributed by atoms with Gasteiger partial charge >= 0.3 is 0 Å². The minimum absolute atomic E-state index is 0.232. The molecule has 0 heterocycles. The number of carbonyl (C=O) groups excluding carboxylic acids is 1. The molecule has 0 N–H and O–H groups in total. The summed E-state index contributed by atoms with van der Waals surface area (Å²) < 4.78 is 30.8. The van der Waals surface area contributed by atoms with Crippen molar-refractivity contribution in [3.8, 4) is 5.75 Å². The topological polar surface area (TPSA) is 66.9 Å². The van der Waals surface area contributed by atoms with Gasteiger partial charge in [-0.1, -0.05) is 12.1 Å². The van der Waals surface area contributed by atoms with Gasteiger partial charge in [-0.3, -0.25) is 9.10 Å². The van der Waals surface area contributed by atoms with E-state index in [1.54, 1.807) is 29.2 Å². The maximum atomic E-state index is 12.3. The van der Waals surface area contributed by atoms with Crippen LogP contribution in [0.4, 0.5) is 5.69 Å². The van der Waals surface area contributed by atoms with Gasteiger partial charge in [0.1, 0.15) is 12.3 Å². The summed E-state index contributed by atoms with van der Waals surface area (Å²) in [5.41, 5.74) is 0.382. The fraction of sp³-hybridized carbons (Fsp3) is 0.533. The Balaban J connectivity index is 3.18. The summed E-state index contributed by atoms with van der Waals surface area (Å²) in [5, 5.41) is 0. The van der Waals surface area contributed by atoms with Crippen LogP contribution < -0.4 is 9.04 Å². The van der Waals surface area contributed by atoms with E-state index in [1.807, 2.05) is 20.8 Å². The van der Waals surface area contributed by atoms with Crippen molar-refractivity contribution in [3.63, 3.8) is 0 Å². The molecule has 124 valence electrons. The second-order valence-electron chi connectivity index (χ2n) is 4.74. The number of carbonyl (C=O) groups is 1. The van der Waals surface area contributed by atoms with Gasteiger partial charge < -0.3 is 9.64 Å². The number of rotatable bonds is 8. The maximum Gasteiger partial charge on any atom is 0.243 e. The van der Waals surface area contributed by atoms with Gasteiger partial charge in [0.25, 0.3) is 0 Å². The summed E-state index contributed by atoms with van der Waals surface area (Å²) in [6, 6.07) is 6.82. The molecule has 22 heavy (non-hydrogen) atoms. The average Bonchev–Trinajstić information content (AvgIpc) is 2.46. The van der Waals surface area contributed by atoms with Gasteiger partial charge in [0, 0.05) is 13.1 Å². The highest BCUT2D eigenvalue weighted by Gasteiger charge is 2.25. The number of hydrogen-bond acceptors (Lipinski definition) is 4. The van der Waals surface area contributed by atoms with Crippen molar-refractivity contribution in [2.24, 2.45) is 0 Å². The van der Waals surface area contributed by atoms with Crippen LogP contribution in [0.2, 0.25) is 0 Å². The van der Waals surface area contributed by atoms with Crippen molar-refractivity contribution in [1.29, 1.82) is 0 Å². The highest BCUT2D eigenvalue weighted by Crippen LogP contribution is 2.29. The summed E-state index contributed by atoms with van der Waals surface area (Å²) in [4.78, 5) is 13.9. The molecule has 0 radical (unpaired) electrons. The van der Waals surface area contributed by atoms with Crippen LogP contribution in [-0.4, -0.2) is 51.7 Å². The lowest BCUT2D eigenvalue weighted by Gasteiger charge is -2.27. The predicted molar refractivity (Wildman–Crippen MR) is 87.7 cm³/mol. The lowest BCUT2D eigenvalue weighted by Crippen LogP contribution is -2.42. The average molecular weight is 328 g/mol. The Morgan fingerprint density at radius 1 is 1.14 bits per heavy atom. The van der Waals surface area contributed by atoms with Crippen LogP contribution >= 0.6 is 0 Å².